The number of nitrogens with zero attached hydrogens (tertiary/aromatic N) is 3. The summed E-state index contributed by atoms with van der Waals surface area (Å²) in [6.45, 7) is 3.48. The number of fused-ring (bicyclic) bond motifs is 1. The summed E-state index contributed by atoms with van der Waals surface area (Å²) in [7, 11) is 0. The Bertz CT molecular complexity index is 1200. The van der Waals surface area contributed by atoms with Crippen molar-refractivity contribution in [1.82, 2.24) is 9.38 Å². The van der Waals surface area contributed by atoms with Gasteiger partial charge in [0.15, 0.2) is 0 Å². The van der Waals surface area contributed by atoms with E-state index in [1.165, 1.54) is 30.5 Å². The number of pyridine rings is 1. The Morgan fingerprint density at radius 3 is 2.26 bits per heavy atom. The summed E-state index contributed by atoms with van der Waals surface area (Å²) in [4.78, 5) is 51.9. The van der Waals surface area contributed by atoms with Crippen molar-refractivity contribution in [3.63, 3.8) is 0 Å². The quantitative estimate of drug-likeness (QED) is 0.343. The molecule has 0 aliphatic heterocycles. The van der Waals surface area contributed by atoms with Crippen LogP contribution in [0.3, 0.4) is 0 Å². The summed E-state index contributed by atoms with van der Waals surface area (Å²) in [6.07, 6.45) is 1.36. The van der Waals surface area contributed by atoms with E-state index in [0.717, 1.165) is 4.40 Å². The highest BCUT2D eigenvalue weighted by atomic mass is 16.6. The van der Waals surface area contributed by atoms with Crippen LogP contribution in [0.2, 0.25) is 0 Å². The Morgan fingerprint density at radius 1 is 1.10 bits per heavy atom. The number of carbonyl (C=O) groups is 2. The number of nitro groups is 1. The Kier molecular flexibility index (Phi) is 6.24. The summed E-state index contributed by atoms with van der Waals surface area (Å²) in [5.74, 6) is -1.73. The smallest absolute Gasteiger partial charge is 0.376 e. The van der Waals surface area contributed by atoms with Crippen molar-refractivity contribution < 1.29 is 24.0 Å². The minimum atomic E-state index is -0.884. The fourth-order valence-corrected chi connectivity index (χ4v) is 2.83. The van der Waals surface area contributed by atoms with Gasteiger partial charge in [-0.15, -0.1) is 0 Å². The molecule has 0 aliphatic rings. The first-order chi connectivity index (χ1) is 14.8. The minimum Gasteiger partial charge on any atom is -0.462 e. The van der Waals surface area contributed by atoms with Crippen molar-refractivity contribution >= 4 is 34.8 Å². The largest absolute Gasteiger partial charge is 0.462 e. The number of benzene rings is 1. The molecule has 0 bridgehead atoms. The number of nitrogens with one attached hydrogen (secondary N) is 1. The van der Waals surface area contributed by atoms with Gasteiger partial charge in [0.25, 0.3) is 0 Å². The molecule has 31 heavy (non-hydrogen) atoms. The normalized spacial score (nSPS) is 10.5. The molecule has 0 fully saturated rings. The molecular weight excluding hydrogens is 408 g/mol. The average molecular weight is 426 g/mol. The molecule has 1 N–H and O–H groups in total. The van der Waals surface area contributed by atoms with Gasteiger partial charge in [-0.3, -0.25) is 19.3 Å². The molecule has 160 valence electrons. The molecule has 0 spiro atoms. The highest BCUT2D eigenvalue weighted by Gasteiger charge is 2.24. The second kappa shape index (κ2) is 9.03. The number of carbonyl (C=O) groups excluding carboxylic acids is 2. The fraction of sp³-hybridized carbons (Fsp3) is 0.200. The van der Waals surface area contributed by atoms with Gasteiger partial charge < -0.3 is 14.8 Å². The van der Waals surface area contributed by atoms with Crippen LogP contribution in [0.15, 0.2) is 47.4 Å². The van der Waals surface area contributed by atoms with Gasteiger partial charge in [0.2, 0.25) is 5.82 Å². The van der Waals surface area contributed by atoms with Crippen LogP contribution in [0.4, 0.5) is 17.2 Å². The molecule has 0 atom stereocenters. The van der Waals surface area contributed by atoms with Crippen molar-refractivity contribution in [2.45, 2.75) is 13.8 Å². The zero-order chi connectivity index (χ0) is 22.5. The van der Waals surface area contributed by atoms with Crippen LogP contribution in [0.1, 0.15) is 34.6 Å². The van der Waals surface area contributed by atoms with Gasteiger partial charge in [-0.1, -0.05) is 6.07 Å². The van der Waals surface area contributed by atoms with E-state index in [0.29, 0.717) is 0 Å². The topological polar surface area (TPSA) is 142 Å². The Labute approximate surface area is 175 Å². The lowest BCUT2D eigenvalue weighted by Gasteiger charge is -2.11. The number of rotatable bonds is 7. The second-order valence-electron chi connectivity index (χ2n) is 6.17. The number of esters is 2. The van der Waals surface area contributed by atoms with E-state index in [4.69, 9.17) is 9.47 Å². The molecule has 0 radical (unpaired) electrons. The maximum atomic E-state index is 12.6. The molecule has 0 aliphatic carbocycles. The molecule has 0 amide bonds. The Morgan fingerprint density at radius 2 is 1.71 bits per heavy atom. The van der Waals surface area contributed by atoms with Crippen LogP contribution in [0, 0.1) is 10.1 Å². The molecule has 3 rings (SSSR count). The van der Waals surface area contributed by atoms with E-state index in [9.17, 15) is 24.5 Å². The van der Waals surface area contributed by atoms with E-state index < -0.39 is 28.1 Å². The van der Waals surface area contributed by atoms with Crippen LogP contribution >= 0.6 is 0 Å². The van der Waals surface area contributed by atoms with Crippen molar-refractivity contribution in [2.24, 2.45) is 0 Å². The second-order valence-corrected chi connectivity index (χ2v) is 6.17. The predicted molar refractivity (Wildman–Crippen MR) is 110 cm³/mol. The van der Waals surface area contributed by atoms with Crippen LogP contribution in [0.25, 0.3) is 5.65 Å². The predicted octanol–water partition coefficient (Wildman–Crippen LogP) is 2.70. The lowest BCUT2D eigenvalue weighted by Crippen LogP contribution is -2.20. The molecular formula is C20H18N4O7. The van der Waals surface area contributed by atoms with Gasteiger partial charge in [0, 0.05) is 11.9 Å². The van der Waals surface area contributed by atoms with E-state index in [1.54, 1.807) is 26.0 Å². The van der Waals surface area contributed by atoms with E-state index in [2.05, 4.69) is 10.3 Å². The van der Waals surface area contributed by atoms with Crippen molar-refractivity contribution in [3.05, 3.63) is 74.2 Å². The standard InChI is InChI=1S/C20H18N4O7/c1-3-30-19(26)12-9-13(20(27)31-4-2)11-14(10-12)21-17-16(24(28)29)18(25)23-8-6-5-7-15(23)22-17/h5-11,21H,3-4H2,1-2H3. The third-order valence-electron chi connectivity index (χ3n) is 4.11. The van der Waals surface area contributed by atoms with Crippen LogP contribution in [-0.4, -0.2) is 39.5 Å². The Balaban J connectivity index is 2.15. The number of hydrogen-bond donors (Lipinski definition) is 1. The number of anilines is 2. The van der Waals surface area contributed by atoms with E-state index >= 15 is 0 Å². The van der Waals surface area contributed by atoms with E-state index in [1.807, 2.05) is 0 Å². The number of ether oxygens (including phenoxy) is 2. The van der Waals surface area contributed by atoms with Crippen LogP contribution in [0.5, 0.6) is 0 Å². The molecule has 11 heteroatoms. The molecule has 0 unspecified atom stereocenters. The van der Waals surface area contributed by atoms with Crippen LogP contribution < -0.4 is 10.9 Å². The zero-order valence-corrected chi connectivity index (χ0v) is 16.7. The Hall–Kier alpha value is -4.28. The minimum absolute atomic E-state index is 0.0232. The summed E-state index contributed by atoms with van der Waals surface area (Å²) >= 11 is 0. The SMILES string of the molecule is CCOC(=O)c1cc(Nc2nc3ccccn3c(=O)c2[N+](=O)[O-])cc(C(=O)OCC)c1. The number of aromatic nitrogens is 2. The molecule has 0 saturated carbocycles. The lowest BCUT2D eigenvalue weighted by molar-refractivity contribution is -0.385. The highest BCUT2D eigenvalue weighted by molar-refractivity contribution is 5.97. The van der Waals surface area contributed by atoms with Crippen molar-refractivity contribution in [3.8, 4) is 0 Å². The maximum absolute atomic E-state index is 12.6. The molecule has 0 saturated heterocycles. The average Bonchev–Trinajstić information content (AvgIpc) is 2.73. The van der Waals surface area contributed by atoms with E-state index in [-0.39, 0.29) is 41.5 Å². The van der Waals surface area contributed by atoms with Gasteiger partial charge in [0.1, 0.15) is 5.65 Å². The van der Waals surface area contributed by atoms with Gasteiger partial charge in [0.05, 0.1) is 29.3 Å². The summed E-state index contributed by atoms with van der Waals surface area (Å²) in [6, 6.07) is 8.63. The number of hydrogen-bond acceptors (Lipinski definition) is 9. The first-order valence-corrected chi connectivity index (χ1v) is 9.27. The summed E-state index contributed by atoms with van der Waals surface area (Å²) in [5.41, 5.74) is -1.34. The molecule has 2 heterocycles. The van der Waals surface area contributed by atoms with Gasteiger partial charge in [-0.2, -0.15) is 0 Å². The van der Waals surface area contributed by atoms with Crippen LogP contribution in [-0.2, 0) is 9.47 Å². The monoisotopic (exact) mass is 426 g/mol. The molecule has 1 aromatic carbocycles. The van der Waals surface area contributed by atoms with Gasteiger partial charge >= 0.3 is 23.2 Å². The first-order valence-electron chi connectivity index (χ1n) is 9.27. The molecule has 11 nitrogen and oxygen atoms in total. The maximum Gasteiger partial charge on any atom is 0.376 e. The molecule has 2 aromatic heterocycles. The fourth-order valence-electron chi connectivity index (χ4n) is 2.83. The van der Waals surface area contributed by atoms with Crippen molar-refractivity contribution in [1.29, 1.82) is 0 Å². The van der Waals surface area contributed by atoms with Gasteiger partial charge in [-0.25, -0.2) is 14.6 Å². The summed E-state index contributed by atoms with van der Waals surface area (Å²) < 4.78 is 11.0. The lowest BCUT2D eigenvalue weighted by atomic mass is 10.1. The third-order valence-corrected chi connectivity index (χ3v) is 4.11. The summed E-state index contributed by atoms with van der Waals surface area (Å²) in [5, 5.41) is 14.2. The highest BCUT2D eigenvalue weighted by Crippen LogP contribution is 2.25. The van der Waals surface area contributed by atoms with Crippen molar-refractivity contribution in [2.75, 3.05) is 18.5 Å². The first kappa shape index (κ1) is 21.4. The van der Waals surface area contributed by atoms with Gasteiger partial charge in [-0.05, 0) is 44.2 Å². The molecule has 3 aromatic rings. The third kappa shape index (κ3) is 4.50. The zero-order valence-electron chi connectivity index (χ0n) is 16.7.